The summed E-state index contributed by atoms with van der Waals surface area (Å²) in [5.74, 6) is -1.07. The van der Waals surface area contributed by atoms with Gasteiger partial charge in [-0.05, 0) is 69.7 Å². The number of fused-ring (bicyclic) bond motifs is 1. The maximum absolute atomic E-state index is 12.4. The molecule has 1 aliphatic rings. The number of rotatable bonds is 9. The minimum atomic E-state index is -3.66. The summed E-state index contributed by atoms with van der Waals surface area (Å²) in [5.41, 5.74) is 7.14. The van der Waals surface area contributed by atoms with Crippen molar-refractivity contribution in [1.82, 2.24) is 5.32 Å². The summed E-state index contributed by atoms with van der Waals surface area (Å²) in [6.45, 7) is 2.46. The summed E-state index contributed by atoms with van der Waals surface area (Å²) in [6.07, 6.45) is 4.08. The van der Waals surface area contributed by atoms with Gasteiger partial charge in [0.15, 0.2) is 0 Å². The topological polar surface area (TPSA) is 139 Å². The molecule has 0 fully saturated rings. The number of hydrogen-bond acceptors (Lipinski definition) is 7. The minimum absolute atomic E-state index is 0.00628. The molecule has 0 radical (unpaired) electrons. The maximum Gasteiger partial charge on any atom is 0.264 e. The molecule has 3 rings (SSSR count). The zero-order chi connectivity index (χ0) is 26.5. The van der Waals surface area contributed by atoms with E-state index in [0.717, 1.165) is 11.8 Å². The fourth-order valence-corrected chi connectivity index (χ4v) is 4.10. The highest BCUT2D eigenvalue weighted by Crippen LogP contribution is 2.20. The van der Waals surface area contributed by atoms with Crippen LogP contribution in [0.2, 0.25) is 0 Å². The maximum atomic E-state index is 12.4. The van der Waals surface area contributed by atoms with E-state index in [1.807, 2.05) is 30.3 Å². The molecule has 9 heteroatoms. The van der Waals surface area contributed by atoms with E-state index in [0.29, 0.717) is 6.42 Å². The molecule has 0 saturated heterocycles. The van der Waals surface area contributed by atoms with E-state index in [-0.39, 0.29) is 6.42 Å². The largest absolute Gasteiger partial charge is 0.391 e. The molecule has 1 amide bonds. The lowest BCUT2D eigenvalue weighted by molar-refractivity contribution is -0.132. The smallest absolute Gasteiger partial charge is 0.264 e. The number of aliphatic hydroxyl groups excluding tert-OH is 1. The summed E-state index contributed by atoms with van der Waals surface area (Å²) >= 11 is 0. The van der Waals surface area contributed by atoms with Gasteiger partial charge in [-0.25, -0.2) is 0 Å². The average Bonchev–Trinajstić information content (AvgIpc) is 3.27. The van der Waals surface area contributed by atoms with E-state index < -0.39 is 40.4 Å². The van der Waals surface area contributed by atoms with Gasteiger partial charge < -0.3 is 21.3 Å². The van der Waals surface area contributed by atoms with Gasteiger partial charge in [-0.3, -0.25) is 8.98 Å². The predicted octanol–water partition coefficient (Wildman–Crippen LogP) is 2.17. The van der Waals surface area contributed by atoms with Crippen molar-refractivity contribution in [1.29, 1.82) is 0 Å². The number of nitrogens with two attached hydrogens (primary N) is 1. The highest BCUT2D eigenvalue weighted by atomic mass is 32.2. The van der Waals surface area contributed by atoms with E-state index in [4.69, 9.17) is 0 Å². The third-order valence-electron chi connectivity index (χ3n) is 5.17. The molecule has 0 aliphatic heterocycles. The van der Waals surface area contributed by atoms with Crippen LogP contribution in [-0.4, -0.2) is 56.3 Å². The molecule has 1 aliphatic carbocycles. The summed E-state index contributed by atoms with van der Waals surface area (Å²) in [6, 6.07) is 18.0. The van der Waals surface area contributed by atoms with Crippen molar-refractivity contribution in [2.45, 2.75) is 57.8 Å². The van der Waals surface area contributed by atoms with Crippen molar-refractivity contribution in [3.8, 4) is 0 Å². The Hall–Kier alpha value is -2.30. The summed E-state index contributed by atoms with van der Waals surface area (Å²) in [5, 5.41) is 22.2. The molecule has 2 atom stereocenters. The second-order valence-corrected chi connectivity index (χ2v) is 10.6. The Morgan fingerprint density at radius 2 is 1.57 bits per heavy atom. The van der Waals surface area contributed by atoms with Gasteiger partial charge in [0.05, 0.1) is 19.0 Å². The SMILES string of the molecule is CC(C)(O)NC(=O)C(Cc1ccccc1)CC(O)COS(C)(=O)=O.CN.c1ccc2c(c1)CCC2. The highest BCUT2D eigenvalue weighted by Gasteiger charge is 2.27. The van der Waals surface area contributed by atoms with Crippen molar-refractivity contribution in [2.75, 3.05) is 19.9 Å². The molecule has 8 nitrogen and oxygen atoms in total. The Labute approximate surface area is 209 Å². The van der Waals surface area contributed by atoms with E-state index >= 15 is 0 Å². The van der Waals surface area contributed by atoms with Gasteiger partial charge in [0.25, 0.3) is 10.1 Å². The van der Waals surface area contributed by atoms with Gasteiger partial charge in [0, 0.05) is 5.92 Å². The lowest BCUT2D eigenvalue weighted by atomic mass is 9.92. The molecule has 0 bridgehead atoms. The van der Waals surface area contributed by atoms with Gasteiger partial charge in [0.2, 0.25) is 5.91 Å². The molecule has 0 heterocycles. The third kappa shape index (κ3) is 13.4. The van der Waals surface area contributed by atoms with Crippen LogP contribution >= 0.6 is 0 Å². The number of hydrogen-bond donors (Lipinski definition) is 4. The first-order chi connectivity index (χ1) is 16.4. The first kappa shape index (κ1) is 30.7. The first-order valence-corrected chi connectivity index (χ1v) is 13.5. The molecule has 35 heavy (non-hydrogen) atoms. The normalized spacial score (nSPS) is 14.4. The summed E-state index contributed by atoms with van der Waals surface area (Å²) < 4.78 is 26.5. The lowest BCUT2D eigenvalue weighted by Crippen LogP contribution is -2.47. The van der Waals surface area contributed by atoms with Crippen LogP contribution in [-0.2, 0) is 38.4 Å². The Morgan fingerprint density at radius 1 is 1.06 bits per heavy atom. The van der Waals surface area contributed by atoms with Crippen molar-refractivity contribution >= 4 is 16.0 Å². The number of carbonyl (C=O) groups excluding carboxylic acids is 1. The highest BCUT2D eigenvalue weighted by molar-refractivity contribution is 7.85. The fourth-order valence-electron chi connectivity index (χ4n) is 3.70. The van der Waals surface area contributed by atoms with E-state index in [9.17, 15) is 23.4 Å². The lowest BCUT2D eigenvalue weighted by Gasteiger charge is -2.25. The van der Waals surface area contributed by atoms with E-state index in [1.165, 1.54) is 40.2 Å². The summed E-state index contributed by atoms with van der Waals surface area (Å²) in [4.78, 5) is 12.4. The fraction of sp³-hybridized carbons (Fsp3) is 0.500. The Bertz CT molecular complexity index is 967. The number of aryl methyl sites for hydroxylation is 2. The van der Waals surface area contributed by atoms with Crippen LogP contribution < -0.4 is 11.1 Å². The number of nitrogens with one attached hydrogen (secondary N) is 1. The Morgan fingerprint density at radius 3 is 2.06 bits per heavy atom. The van der Waals surface area contributed by atoms with Crippen LogP contribution in [0.3, 0.4) is 0 Å². The number of carbonyl (C=O) groups is 1. The second-order valence-electron chi connectivity index (χ2n) is 8.94. The molecule has 0 spiro atoms. The van der Waals surface area contributed by atoms with Crippen molar-refractivity contribution < 1.29 is 27.6 Å². The van der Waals surface area contributed by atoms with Gasteiger partial charge in [0.1, 0.15) is 5.72 Å². The number of benzene rings is 2. The Balaban J connectivity index is 0.000000454. The van der Waals surface area contributed by atoms with Crippen molar-refractivity contribution in [3.05, 3.63) is 71.3 Å². The quantitative estimate of drug-likeness (QED) is 0.301. The van der Waals surface area contributed by atoms with Crippen LogP contribution in [0.1, 0.15) is 43.4 Å². The average molecular weight is 509 g/mol. The molecule has 196 valence electrons. The predicted molar refractivity (Wildman–Crippen MR) is 138 cm³/mol. The molecule has 2 aromatic rings. The van der Waals surface area contributed by atoms with Crippen LogP contribution in [0.25, 0.3) is 0 Å². The third-order valence-corrected chi connectivity index (χ3v) is 5.73. The van der Waals surface area contributed by atoms with E-state index in [2.05, 4.69) is 39.5 Å². The van der Waals surface area contributed by atoms with Gasteiger partial charge >= 0.3 is 0 Å². The van der Waals surface area contributed by atoms with Crippen LogP contribution in [0, 0.1) is 5.92 Å². The second kappa shape index (κ2) is 15.0. The van der Waals surface area contributed by atoms with Gasteiger partial charge in [-0.1, -0.05) is 54.6 Å². The van der Waals surface area contributed by atoms with E-state index in [1.54, 1.807) is 11.1 Å². The Kier molecular flexibility index (Phi) is 13.1. The molecule has 2 aromatic carbocycles. The molecular weight excluding hydrogens is 468 g/mol. The van der Waals surface area contributed by atoms with Crippen molar-refractivity contribution in [2.24, 2.45) is 11.7 Å². The van der Waals surface area contributed by atoms with Gasteiger partial charge in [-0.2, -0.15) is 8.42 Å². The zero-order valence-corrected chi connectivity index (χ0v) is 21.9. The molecule has 0 saturated carbocycles. The van der Waals surface area contributed by atoms with Crippen LogP contribution in [0.15, 0.2) is 54.6 Å². The zero-order valence-electron chi connectivity index (χ0n) is 21.1. The summed E-state index contributed by atoms with van der Waals surface area (Å²) in [7, 11) is -2.16. The molecule has 0 aromatic heterocycles. The molecule has 2 unspecified atom stereocenters. The monoisotopic (exact) mass is 508 g/mol. The number of aliphatic hydroxyl groups is 2. The minimum Gasteiger partial charge on any atom is -0.391 e. The standard InChI is InChI=1S/C16H25NO6S.C9H10.CH5N/c1-16(2,20)17-15(19)13(9-12-7-5-4-6-8-12)10-14(18)11-23-24(3,21)22;1-2-5-9-7-3-6-8(9)4-1;1-2/h4-8,13-14,18,20H,9-11H2,1-3H3,(H,17,19);1-2,4-5H,3,6-7H2;2H2,1H3. The van der Waals surface area contributed by atoms with Crippen LogP contribution in [0.4, 0.5) is 0 Å². The molecular formula is C26H40N2O6S. The first-order valence-electron chi connectivity index (χ1n) is 11.7. The van der Waals surface area contributed by atoms with Crippen molar-refractivity contribution in [3.63, 3.8) is 0 Å². The van der Waals surface area contributed by atoms with Crippen LogP contribution in [0.5, 0.6) is 0 Å². The van der Waals surface area contributed by atoms with Gasteiger partial charge in [-0.15, -0.1) is 0 Å². The molecule has 5 N–H and O–H groups in total. The number of amides is 1.